The van der Waals surface area contributed by atoms with Crippen LogP contribution in [0.1, 0.15) is 18.4 Å². The summed E-state index contributed by atoms with van der Waals surface area (Å²) in [7, 11) is 1.19. The van der Waals surface area contributed by atoms with Crippen LogP contribution in [0, 0.1) is 5.92 Å². The molecule has 0 aromatic carbocycles. The minimum atomic E-state index is -4.43. The fourth-order valence-corrected chi connectivity index (χ4v) is 2.04. The number of rotatable bonds is 3. The minimum absolute atomic E-state index is 0.310. The van der Waals surface area contributed by atoms with Gasteiger partial charge in [-0.2, -0.15) is 13.2 Å². The van der Waals surface area contributed by atoms with E-state index in [1.54, 1.807) is 0 Å². The quantitative estimate of drug-likeness (QED) is 0.840. The third-order valence-electron chi connectivity index (χ3n) is 3.01. The second-order valence-electron chi connectivity index (χ2n) is 4.33. The van der Waals surface area contributed by atoms with Crippen molar-refractivity contribution in [1.82, 2.24) is 9.78 Å². The van der Waals surface area contributed by atoms with Crippen molar-refractivity contribution in [2.75, 3.05) is 20.3 Å². The summed E-state index contributed by atoms with van der Waals surface area (Å²) in [6.45, 7) is 1.79. The molecular weight excluding hydrogens is 249 g/mol. The molecule has 0 radical (unpaired) electrons. The summed E-state index contributed by atoms with van der Waals surface area (Å²) in [4.78, 5) is 0. The zero-order valence-electron chi connectivity index (χ0n) is 10.0. The molecule has 0 unspecified atom stereocenters. The first-order valence-electron chi connectivity index (χ1n) is 5.77. The van der Waals surface area contributed by atoms with E-state index in [1.807, 2.05) is 0 Å². The molecule has 0 bridgehead atoms. The van der Waals surface area contributed by atoms with E-state index < -0.39 is 11.7 Å². The molecule has 0 saturated carbocycles. The van der Waals surface area contributed by atoms with Gasteiger partial charge in [0.05, 0.1) is 7.11 Å². The fraction of sp³-hybridized carbons (Fsp3) is 0.727. The number of ether oxygens (including phenoxy) is 2. The number of methoxy groups -OCH3 is 1. The molecule has 0 atom stereocenters. The molecule has 1 aliphatic rings. The van der Waals surface area contributed by atoms with E-state index in [9.17, 15) is 13.2 Å². The average Bonchev–Trinajstić information content (AvgIpc) is 2.73. The molecule has 1 saturated heterocycles. The van der Waals surface area contributed by atoms with Gasteiger partial charge in [-0.15, -0.1) is 5.10 Å². The monoisotopic (exact) mass is 264 g/mol. The maximum absolute atomic E-state index is 12.7. The van der Waals surface area contributed by atoms with E-state index in [-0.39, 0.29) is 5.88 Å². The zero-order chi connectivity index (χ0) is 13.2. The van der Waals surface area contributed by atoms with Gasteiger partial charge in [0.25, 0.3) is 0 Å². The van der Waals surface area contributed by atoms with Gasteiger partial charge in [0.15, 0.2) is 0 Å². The predicted octanol–water partition coefficient (Wildman–Crippen LogP) is 2.34. The summed E-state index contributed by atoms with van der Waals surface area (Å²) in [6, 6.07) is 0. The third-order valence-corrected chi connectivity index (χ3v) is 3.01. The van der Waals surface area contributed by atoms with Crippen molar-refractivity contribution >= 4 is 0 Å². The summed E-state index contributed by atoms with van der Waals surface area (Å²) in [5, 5.41) is 3.82. The van der Waals surface area contributed by atoms with Crippen molar-refractivity contribution in [3.05, 3.63) is 11.8 Å². The van der Waals surface area contributed by atoms with Crippen molar-refractivity contribution < 1.29 is 22.6 Å². The molecule has 102 valence electrons. The van der Waals surface area contributed by atoms with E-state index in [4.69, 9.17) is 4.74 Å². The largest absolute Gasteiger partial charge is 0.480 e. The van der Waals surface area contributed by atoms with Crippen LogP contribution in [0.4, 0.5) is 13.2 Å². The zero-order valence-corrected chi connectivity index (χ0v) is 10.0. The lowest BCUT2D eigenvalue weighted by atomic mass is 10.0. The first kappa shape index (κ1) is 13.2. The molecule has 1 aliphatic heterocycles. The van der Waals surface area contributed by atoms with Crippen LogP contribution in [0.15, 0.2) is 6.20 Å². The number of aromatic nitrogens is 2. The molecular formula is C11H15F3N2O2. The number of alkyl halides is 3. The SMILES string of the molecule is COc1nn(CC2CCOCC2)cc1C(F)(F)F. The molecule has 0 spiro atoms. The summed E-state index contributed by atoms with van der Waals surface area (Å²) < 4.78 is 49.2. The van der Waals surface area contributed by atoms with Crippen molar-refractivity contribution in [1.29, 1.82) is 0 Å². The second kappa shape index (κ2) is 5.17. The van der Waals surface area contributed by atoms with Gasteiger partial charge in [-0.05, 0) is 18.8 Å². The van der Waals surface area contributed by atoms with Crippen LogP contribution >= 0.6 is 0 Å². The standard InChI is InChI=1S/C11H15F3N2O2/c1-17-10-9(11(12,13)14)7-16(15-10)6-8-2-4-18-5-3-8/h7-8H,2-6H2,1H3. The van der Waals surface area contributed by atoms with Crippen LogP contribution < -0.4 is 4.74 Å². The number of hydrogen-bond donors (Lipinski definition) is 0. The average molecular weight is 264 g/mol. The Morgan fingerprint density at radius 1 is 1.44 bits per heavy atom. The number of hydrogen-bond acceptors (Lipinski definition) is 3. The second-order valence-corrected chi connectivity index (χ2v) is 4.33. The van der Waals surface area contributed by atoms with Crippen LogP contribution in [0.3, 0.4) is 0 Å². The Hall–Kier alpha value is -1.24. The lowest BCUT2D eigenvalue weighted by molar-refractivity contribution is -0.138. The van der Waals surface area contributed by atoms with E-state index in [0.29, 0.717) is 25.7 Å². The van der Waals surface area contributed by atoms with Crippen molar-refractivity contribution in [2.45, 2.75) is 25.6 Å². The lowest BCUT2D eigenvalue weighted by Gasteiger charge is -2.21. The van der Waals surface area contributed by atoms with Gasteiger partial charge in [0.2, 0.25) is 5.88 Å². The highest BCUT2D eigenvalue weighted by molar-refractivity contribution is 5.26. The van der Waals surface area contributed by atoms with Crippen LogP contribution in [0.5, 0.6) is 5.88 Å². The highest BCUT2D eigenvalue weighted by Gasteiger charge is 2.37. The maximum atomic E-state index is 12.7. The number of halogens is 3. The van der Waals surface area contributed by atoms with Gasteiger partial charge in [-0.3, -0.25) is 4.68 Å². The lowest BCUT2D eigenvalue weighted by Crippen LogP contribution is -2.20. The number of nitrogens with zero attached hydrogens (tertiary/aromatic N) is 2. The van der Waals surface area contributed by atoms with Crippen LogP contribution in [-0.2, 0) is 17.5 Å². The molecule has 1 fully saturated rings. The molecule has 18 heavy (non-hydrogen) atoms. The first-order chi connectivity index (χ1) is 8.50. The summed E-state index contributed by atoms with van der Waals surface area (Å²) >= 11 is 0. The van der Waals surface area contributed by atoms with Gasteiger partial charge in [-0.25, -0.2) is 0 Å². The molecule has 1 aromatic rings. The van der Waals surface area contributed by atoms with E-state index >= 15 is 0 Å². The van der Waals surface area contributed by atoms with Crippen LogP contribution in [0.25, 0.3) is 0 Å². The Bertz CT molecular complexity index is 397. The minimum Gasteiger partial charge on any atom is -0.480 e. The molecule has 7 heteroatoms. The van der Waals surface area contributed by atoms with Crippen molar-refractivity contribution in [2.24, 2.45) is 5.92 Å². The van der Waals surface area contributed by atoms with Gasteiger partial charge in [0, 0.05) is 26.0 Å². The highest BCUT2D eigenvalue weighted by Crippen LogP contribution is 2.35. The first-order valence-corrected chi connectivity index (χ1v) is 5.77. The van der Waals surface area contributed by atoms with Gasteiger partial charge in [-0.1, -0.05) is 0 Å². The highest BCUT2D eigenvalue weighted by atomic mass is 19.4. The predicted molar refractivity (Wildman–Crippen MR) is 57.3 cm³/mol. The molecule has 2 rings (SSSR count). The third kappa shape index (κ3) is 2.95. The van der Waals surface area contributed by atoms with Crippen molar-refractivity contribution in [3.63, 3.8) is 0 Å². The normalized spacial score (nSPS) is 18.0. The molecule has 1 aromatic heterocycles. The topological polar surface area (TPSA) is 36.3 Å². The fourth-order valence-electron chi connectivity index (χ4n) is 2.04. The van der Waals surface area contributed by atoms with Gasteiger partial charge in [0.1, 0.15) is 5.56 Å². The smallest absolute Gasteiger partial charge is 0.423 e. The molecule has 4 nitrogen and oxygen atoms in total. The van der Waals surface area contributed by atoms with Crippen LogP contribution in [-0.4, -0.2) is 30.1 Å². The van der Waals surface area contributed by atoms with Crippen molar-refractivity contribution in [3.8, 4) is 5.88 Å². The van der Waals surface area contributed by atoms with E-state index in [0.717, 1.165) is 19.0 Å². The van der Waals surface area contributed by atoms with E-state index in [2.05, 4.69) is 9.84 Å². The Kier molecular flexibility index (Phi) is 3.79. The molecule has 0 aliphatic carbocycles. The molecule has 2 heterocycles. The Balaban J connectivity index is 2.11. The van der Waals surface area contributed by atoms with Crippen LogP contribution in [0.2, 0.25) is 0 Å². The van der Waals surface area contributed by atoms with Gasteiger partial charge >= 0.3 is 6.18 Å². The molecule has 0 amide bonds. The summed E-state index contributed by atoms with van der Waals surface area (Å²) in [6.07, 6.45) is -1.72. The summed E-state index contributed by atoms with van der Waals surface area (Å²) in [5.74, 6) is -0.0565. The summed E-state index contributed by atoms with van der Waals surface area (Å²) in [5.41, 5.74) is -0.822. The van der Waals surface area contributed by atoms with E-state index in [1.165, 1.54) is 11.8 Å². The Morgan fingerprint density at radius 2 is 2.11 bits per heavy atom. The van der Waals surface area contributed by atoms with Gasteiger partial charge < -0.3 is 9.47 Å². The maximum Gasteiger partial charge on any atom is 0.423 e. The Labute approximate surface area is 103 Å². The Morgan fingerprint density at radius 3 is 2.61 bits per heavy atom. The molecule has 0 N–H and O–H groups in total.